The van der Waals surface area contributed by atoms with E-state index in [1.165, 1.54) is 0 Å². The lowest BCUT2D eigenvalue weighted by Crippen LogP contribution is -2.43. The molecule has 166 valence electrons. The van der Waals surface area contributed by atoms with Gasteiger partial charge in [0.25, 0.3) is 0 Å². The van der Waals surface area contributed by atoms with Gasteiger partial charge in [-0.25, -0.2) is 4.79 Å². The third-order valence-corrected chi connectivity index (χ3v) is 5.24. The Morgan fingerprint density at radius 2 is 1.80 bits per heavy atom. The molecular formula is C22H32ClN3O4. The number of piperidine rings is 1. The van der Waals surface area contributed by atoms with Crippen LogP contribution >= 0.6 is 11.6 Å². The van der Waals surface area contributed by atoms with Gasteiger partial charge in [-0.1, -0.05) is 29.8 Å². The van der Waals surface area contributed by atoms with Crippen LogP contribution in [0.5, 0.6) is 0 Å². The first kappa shape index (κ1) is 24.0. The van der Waals surface area contributed by atoms with Gasteiger partial charge in [0.1, 0.15) is 5.60 Å². The Bertz CT molecular complexity index is 740. The fourth-order valence-corrected chi connectivity index (χ4v) is 3.47. The van der Waals surface area contributed by atoms with Crippen molar-refractivity contribution in [1.82, 2.24) is 15.5 Å². The topological polar surface area (TPSA) is 87.7 Å². The SMILES string of the molecule is CC(C)(C)OC(=O)NCCC(=O)N1CCC(CNC(=O)Cc2ccccc2Cl)CC1. The third-order valence-electron chi connectivity index (χ3n) is 4.87. The highest BCUT2D eigenvalue weighted by atomic mass is 35.5. The predicted octanol–water partition coefficient (Wildman–Crippen LogP) is 3.15. The molecule has 0 radical (unpaired) electrons. The van der Waals surface area contributed by atoms with Gasteiger partial charge in [-0.05, 0) is 51.2 Å². The Kier molecular flexibility index (Phi) is 8.96. The number of hydrogen-bond donors (Lipinski definition) is 2. The number of ether oxygens (including phenoxy) is 1. The van der Waals surface area contributed by atoms with E-state index in [0.29, 0.717) is 30.6 Å². The van der Waals surface area contributed by atoms with Gasteiger partial charge in [-0.15, -0.1) is 0 Å². The van der Waals surface area contributed by atoms with E-state index in [4.69, 9.17) is 16.3 Å². The molecule has 0 atom stereocenters. The molecule has 1 saturated heterocycles. The van der Waals surface area contributed by atoms with Crippen LogP contribution in [-0.2, 0) is 20.7 Å². The number of nitrogens with zero attached hydrogens (tertiary/aromatic N) is 1. The standard InChI is InChI=1S/C22H32ClN3O4/c1-22(2,3)30-21(29)24-11-8-20(28)26-12-9-16(10-13-26)15-25-19(27)14-17-6-4-5-7-18(17)23/h4-7,16H,8-15H2,1-3H3,(H,24,29)(H,25,27). The smallest absolute Gasteiger partial charge is 0.407 e. The maximum absolute atomic E-state index is 12.3. The zero-order chi connectivity index (χ0) is 22.1. The lowest BCUT2D eigenvalue weighted by atomic mass is 9.96. The van der Waals surface area contributed by atoms with Crippen LogP contribution in [-0.4, -0.2) is 54.6 Å². The molecule has 0 aromatic heterocycles. The van der Waals surface area contributed by atoms with E-state index < -0.39 is 11.7 Å². The summed E-state index contributed by atoms with van der Waals surface area (Å²) in [4.78, 5) is 37.9. The largest absolute Gasteiger partial charge is 0.444 e. The van der Waals surface area contributed by atoms with Gasteiger partial charge < -0.3 is 20.3 Å². The molecule has 3 amide bonds. The average molecular weight is 438 g/mol. The molecule has 7 nitrogen and oxygen atoms in total. The van der Waals surface area contributed by atoms with Crippen molar-refractivity contribution >= 4 is 29.5 Å². The third kappa shape index (κ3) is 8.61. The zero-order valence-corrected chi connectivity index (χ0v) is 18.8. The predicted molar refractivity (Wildman–Crippen MR) is 116 cm³/mol. The first-order chi connectivity index (χ1) is 14.1. The highest BCUT2D eigenvalue weighted by Crippen LogP contribution is 2.18. The van der Waals surface area contributed by atoms with Gasteiger partial charge in [0, 0.05) is 37.6 Å². The Morgan fingerprint density at radius 1 is 1.13 bits per heavy atom. The van der Waals surface area contributed by atoms with E-state index in [1.54, 1.807) is 26.8 Å². The van der Waals surface area contributed by atoms with E-state index in [0.717, 1.165) is 18.4 Å². The zero-order valence-electron chi connectivity index (χ0n) is 18.0. The first-order valence-electron chi connectivity index (χ1n) is 10.4. The van der Waals surface area contributed by atoms with Crippen molar-refractivity contribution in [3.05, 3.63) is 34.9 Å². The van der Waals surface area contributed by atoms with Gasteiger partial charge in [0.2, 0.25) is 11.8 Å². The van der Waals surface area contributed by atoms with E-state index in [-0.39, 0.29) is 31.2 Å². The van der Waals surface area contributed by atoms with Crippen molar-refractivity contribution in [1.29, 1.82) is 0 Å². The van der Waals surface area contributed by atoms with E-state index in [9.17, 15) is 14.4 Å². The van der Waals surface area contributed by atoms with Crippen molar-refractivity contribution in [3.8, 4) is 0 Å². The van der Waals surface area contributed by atoms with Crippen LogP contribution in [0.2, 0.25) is 5.02 Å². The van der Waals surface area contributed by atoms with Gasteiger partial charge in [-0.2, -0.15) is 0 Å². The maximum Gasteiger partial charge on any atom is 0.407 e. The maximum atomic E-state index is 12.3. The number of benzene rings is 1. The van der Waals surface area contributed by atoms with E-state index in [2.05, 4.69) is 10.6 Å². The second-order valence-corrected chi connectivity index (χ2v) is 8.98. The number of rotatable bonds is 7. The molecule has 1 aliphatic heterocycles. The molecule has 2 N–H and O–H groups in total. The highest BCUT2D eigenvalue weighted by molar-refractivity contribution is 6.31. The first-order valence-corrected chi connectivity index (χ1v) is 10.8. The molecule has 30 heavy (non-hydrogen) atoms. The van der Waals surface area contributed by atoms with E-state index in [1.807, 2.05) is 23.1 Å². The molecular weight excluding hydrogens is 406 g/mol. The number of nitrogens with one attached hydrogen (secondary N) is 2. The summed E-state index contributed by atoms with van der Waals surface area (Å²) >= 11 is 6.10. The van der Waals surface area contributed by atoms with Crippen LogP contribution < -0.4 is 10.6 Å². The molecule has 1 heterocycles. The van der Waals surface area contributed by atoms with Crippen molar-refractivity contribution in [2.45, 2.75) is 52.1 Å². The number of amides is 3. The summed E-state index contributed by atoms with van der Waals surface area (Å²) in [5, 5.41) is 6.18. The normalized spacial score (nSPS) is 14.9. The minimum absolute atomic E-state index is 0.0206. The summed E-state index contributed by atoms with van der Waals surface area (Å²) in [6.07, 6.45) is 1.69. The lowest BCUT2D eigenvalue weighted by molar-refractivity contribution is -0.132. The monoisotopic (exact) mass is 437 g/mol. The Labute approximate surface area is 183 Å². The molecule has 0 saturated carbocycles. The Hall–Kier alpha value is -2.28. The molecule has 0 unspecified atom stereocenters. The van der Waals surface area contributed by atoms with Crippen molar-refractivity contribution in [2.75, 3.05) is 26.2 Å². The minimum Gasteiger partial charge on any atom is -0.444 e. The summed E-state index contributed by atoms with van der Waals surface area (Å²) in [6, 6.07) is 7.33. The second-order valence-electron chi connectivity index (χ2n) is 8.58. The molecule has 1 aromatic rings. The molecule has 1 aliphatic rings. The number of halogens is 1. The summed E-state index contributed by atoms with van der Waals surface area (Å²) in [5.41, 5.74) is 0.260. The summed E-state index contributed by atoms with van der Waals surface area (Å²) in [6.45, 7) is 7.56. The van der Waals surface area contributed by atoms with Gasteiger partial charge in [-0.3, -0.25) is 9.59 Å². The highest BCUT2D eigenvalue weighted by Gasteiger charge is 2.23. The number of alkyl carbamates (subject to hydrolysis) is 1. The van der Waals surface area contributed by atoms with Gasteiger partial charge in [0.05, 0.1) is 6.42 Å². The fraction of sp³-hybridized carbons (Fsp3) is 0.591. The van der Waals surface area contributed by atoms with Crippen LogP contribution in [0.3, 0.4) is 0 Å². The molecule has 8 heteroatoms. The van der Waals surface area contributed by atoms with Crippen LogP contribution in [0, 0.1) is 5.92 Å². The molecule has 0 bridgehead atoms. The number of carbonyl (C=O) groups excluding carboxylic acids is 3. The average Bonchev–Trinajstić information content (AvgIpc) is 2.67. The number of carbonyl (C=O) groups is 3. The quantitative estimate of drug-likeness (QED) is 0.685. The fourth-order valence-electron chi connectivity index (χ4n) is 3.27. The molecule has 1 aromatic carbocycles. The molecule has 0 aliphatic carbocycles. The van der Waals surface area contributed by atoms with Crippen molar-refractivity contribution in [2.24, 2.45) is 5.92 Å². The van der Waals surface area contributed by atoms with Gasteiger partial charge >= 0.3 is 6.09 Å². The molecule has 2 rings (SSSR count). The van der Waals surface area contributed by atoms with Crippen LogP contribution in [0.1, 0.15) is 45.6 Å². The van der Waals surface area contributed by atoms with E-state index >= 15 is 0 Å². The second kappa shape index (κ2) is 11.2. The Balaban J connectivity index is 1.62. The van der Waals surface area contributed by atoms with Crippen LogP contribution in [0.25, 0.3) is 0 Å². The number of hydrogen-bond acceptors (Lipinski definition) is 4. The Morgan fingerprint density at radius 3 is 2.43 bits per heavy atom. The van der Waals surface area contributed by atoms with Crippen LogP contribution in [0.15, 0.2) is 24.3 Å². The minimum atomic E-state index is -0.557. The summed E-state index contributed by atoms with van der Waals surface area (Å²) in [5.74, 6) is 0.325. The number of likely N-dealkylation sites (tertiary alicyclic amines) is 1. The molecule has 0 spiro atoms. The molecule has 1 fully saturated rings. The summed E-state index contributed by atoms with van der Waals surface area (Å²) < 4.78 is 5.15. The summed E-state index contributed by atoms with van der Waals surface area (Å²) in [7, 11) is 0. The van der Waals surface area contributed by atoms with Crippen molar-refractivity contribution < 1.29 is 19.1 Å². The van der Waals surface area contributed by atoms with Crippen molar-refractivity contribution in [3.63, 3.8) is 0 Å². The van der Waals surface area contributed by atoms with Crippen LogP contribution in [0.4, 0.5) is 4.79 Å². The lowest BCUT2D eigenvalue weighted by Gasteiger charge is -2.32. The van der Waals surface area contributed by atoms with Gasteiger partial charge in [0.15, 0.2) is 0 Å².